The molecular formula is C17H16N2S. The minimum absolute atomic E-state index is 1.01. The summed E-state index contributed by atoms with van der Waals surface area (Å²) in [5.74, 6) is 0. The van der Waals surface area contributed by atoms with Crippen LogP contribution < -0.4 is 4.90 Å². The van der Waals surface area contributed by atoms with Gasteiger partial charge in [-0.15, -0.1) is 11.3 Å². The average molecular weight is 280 g/mol. The predicted molar refractivity (Wildman–Crippen MR) is 86.8 cm³/mol. The third-order valence-corrected chi connectivity index (χ3v) is 4.19. The van der Waals surface area contributed by atoms with Crippen molar-refractivity contribution >= 4 is 22.2 Å². The molecule has 1 aromatic heterocycles. The lowest BCUT2D eigenvalue weighted by Crippen LogP contribution is -2.08. The number of anilines is 2. The number of benzene rings is 2. The monoisotopic (exact) mass is 280 g/mol. The second-order valence-corrected chi connectivity index (χ2v) is 5.61. The number of rotatable bonds is 3. The third-order valence-electron chi connectivity index (χ3n) is 3.27. The van der Waals surface area contributed by atoms with Gasteiger partial charge in [0.05, 0.1) is 5.69 Å². The Morgan fingerprint density at radius 3 is 2.35 bits per heavy atom. The van der Waals surface area contributed by atoms with Crippen LogP contribution in [0, 0.1) is 6.92 Å². The number of thiazole rings is 1. The topological polar surface area (TPSA) is 16.1 Å². The molecular weight excluding hydrogens is 264 g/mol. The molecule has 0 amide bonds. The summed E-state index contributed by atoms with van der Waals surface area (Å²) in [5.41, 5.74) is 4.62. The molecule has 0 aliphatic carbocycles. The number of aryl methyl sites for hydroxylation is 1. The first-order chi connectivity index (χ1) is 9.74. The molecule has 0 saturated heterocycles. The van der Waals surface area contributed by atoms with E-state index >= 15 is 0 Å². The number of hydrogen-bond acceptors (Lipinski definition) is 3. The summed E-state index contributed by atoms with van der Waals surface area (Å²) in [7, 11) is 2.05. The largest absolute Gasteiger partial charge is 0.321 e. The molecule has 3 aromatic rings. The van der Waals surface area contributed by atoms with E-state index in [9.17, 15) is 0 Å². The molecule has 0 N–H and O–H groups in total. The van der Waals surface area contributed by atoms with Gasteiger partial charge < -0.3 is 4.90 Å². The molecule has 100 valence electrons. The van der Waals surface area contributed by atoms with Crippen LogP contribution in [-0.2, 0) is 0 Å². The van der Waals surface area contributed by atoms with Gasteiger partial charge in [0.25, 0.3) is 0 Å². The summed E-state index contributed by atoms with van der Waals surface area (Å²) in [6.07, 6.45) is 0. The third kappa shape index (κ3) is 2.58. The summed E-state index contributed by atoms with van der Waals surface area (Å²) < 4.78 is 0. The molecule has 20 heavy (non-hydrogen) atoms. The van der Waals surface area contributed by atoms with Crippen molar-refractivity contribution in [1.29, 1.82) is 0 Å². The summed E-state index contributed by atoms with van der Waals surface area (Å²) in [5, 5.41) is 3.12. The molecule has 0 aliphatic rings. The zero-order valence-electron chi connectivity index (χ0n) is 11.6. The second kappa shape index (κ2) is 5.47. The van der Waals surface area contributed by atoms with Gasteiger partial charge in [-0.3, -0.25) is 0 Å². The molecule has 0 spiro atoms. The van der Waals surface area contributed by atoms with Gasteiger partial charge in [-0.1, -0.05) is 48.0 Å². The molecule has 0 saturated carbocycles. The van der Waals surface area contributed by atoms with Gasteiger partial charge >= 0.3 is 0 Å². The van der Waals surface area contributed by atoms with Gasteiger partial charge in [0.15, 0.2) is 5.13 Å². The number of hydrogen-bond donors (Lipinski definition) is 0. The van der Waals surface area contributed by atoms with Gasteiger partial charge in [0.1, 0.15) is 0 Å². The van der Waals surface area contributed by atoms with Crippen LogP contribution in [0.15, 0.2) is 60.0 Å². The van der Waals surface area contributed by atoms with Crippen molar-refractivity contribution in [3.63, 3.8) is 0 Å². The zero-order valence-corrected chi connectivity index (χ0v) is 12.4. The Morgan fingerprint density at radius 2 is 1.65 bits per heavy atom. The Labute approximate surface area is 123 Å². The maximum Gasteiger partial charge on any atom is 0.190 e. The summed E-state index contributed by atoms with van der Waals surface area (Å²) in [6, 6.07) is 18.8. The Hall–Kier alpha value is -2.13. The highest BCUT2D eigenvalue weighted by molar-refractivity contribution is 7.14. The van der Waals surface area contributed by atoms with Gasteiger partial charge in [0, 0.05) is 23.7 Å². The lowest BCUT2D eigenvalue weighted by molar-refractivity contribution is 1.17. The Morgan fingerprint density at radius 1 is 0.950 bits per heavy atom. The summed E-state index contributed by atoms with van der Waals surface area (Å²) >= 11 is 1.67. The maximum absolute atomic E-state index is 4.73. The van der Waals surface area contributed by atoms with E-state index in [1.807, 2.05) is 25.2 Å². The molecule has 3 rings (SSSR count). The summed E-state index contributed by atoms with van der Waals surface area (Å²) in [4.78, 5) is 6.84. The van der Waals surface area contributed by atoms with Gasteiger partial charge in [-0.25, -0.2) is 4.98 Å². The molecule has 0 bridgehead atoms. The van der Waals surface area contributed by atoms with Crippen LogP contribution in [0.2, 0.25) is 0 Å². The van der Waals surface area contributed by atoms with Crippen LogP contribution in [0.3, 0.4) is 0 Å². The lowest BCUT2D eigenvalue weighted by atomic mass is 10.1. The van der Waals surface area contributed by atoms with Gasteiger partial charge in [-0.05, 0) is 19.1 Å². The molecule has 0 aliphatic heterocycles. The smallest absolute Gasteiger partial charge is 0.190 e. The highest BCUT2D eigenvalue weighted by Crippen LogP contribution is 2.30. The molecule has 0 radical (unpaired) electrons. The van der Waals surface area contributed by atoms with E-state index in [-0.39, 0.29) is 0 Å². The normalized spacial score (nSPS) is 10.5. The molecule has 0 fully saturated rings. The van der Waals surface area contributed by atoms with Crippen molar-refractivity contribution < 1.29 is 0 Å². The Kier molecular flexibility index (Phi) is 3.52. The van der Waals surface area contributed by atoms with Gasteiger partial charge in [0.2, 0.25) is 0 Å². The number of aromatic nitrogens is 1. The predicted octanol–water partition coefficient (Wildman–Crippen LogP) is 4.89. The van der Waals surface area contributed by atoms with Crippen molar-refractivity contribution in [2.75, 3.05) is 11.9 Å². The highest BCUT2D eigenvalue weighted by atomic mass is 32.1. The summed E-state index contributed by atoms with van der Waals surface area (Å²) in [6.45, 7) is 2.10. The molecule has 3 heteroatoms. The van der Waals surface area contributed by atoms with Crippen LogP contribution in [0.25, 0.3) is 11.3 Å². The zero-order chi connectivity index (χ0) is 13.9. The van der Waals surface area contributed by atoms with E-state index in [0.717, 1.165) is 16.5 Å². The van der Waals surface area contributed by atoms with Crippen molar-refractivity contribution in [2.24, 2.45) is 0 Å². The lowest BCUT2D eigenvalue weighted by Gasteiger charge is -2.15. The molecule has 0 atom stereocenters. The SMILES string of the molecule is Cc1ccc(-c2csc(N(C)c3ccccc3)n2)cc1. The van der Waals surface area contributed by atoms with E-state index in [1.165, 1.54) is 11.1 Å². The number of para-hydroxylation sites is 1. The van der Waals surface area contributed by atoms with E-state index in [2.05, 4.69) is 53.6 Å². The van der Waals surface area contributed by atoms with Crippen molar-refractivity contribution in [3.8, 4) is 11.3 Å². The fourth-order valence-corrected chi connectivity index (χ4v) is 2.86. The van der Waals surface area contributed by atoms with Crippen LogP contribution in [-0.4, -0.2) is 12.0 Å². The van der Waals surface area contributed by atoms with E-state index in [1.54, 1.807) is 11.3 Å². The first-order valence-electron chi connectivity index (χ1n) is 6.55. The molecule has 0 unspecified atom stereocenters. The quantitative estimate of drug-likeness (QED) is 0.679. The minimum atomic E-state index is 1.01. The molecule has 2 nitrogen and oxygen atoms in total. The highest BCUT2D eigenvalue weighted by Gasteiger charge is 2.09. The first kappa shape index (κ1) is 12.9. The first-order valence-corrected chi connectivity index (χ1v) is 7.43. The second-order valence-electron chi connectivity index (χ2n) is 4.78. The Balaban J connectivity index is 1.89. The average Bonchev–Trinajstić information content (AvgIpc) is 2.98. The van der Waals surface area contributed by atoms with E-state index < -0.39 is 0 Å². The van der Waals surface area contributed by atoms with Crippen LogP contribution in [0.4, 0.5) is 10.8 Å². The van der Waals surface area contributed by atoms with Crippen LogP contribution in [0.1, 0.15) is 5.56 Å². The molecule has 1 heterocycles. The van der Waals surface area contributed by atoms with Gasteiger partial charge in [-0.2, -0.15) is 0 Å². The van der Waals surface area contributed by atoms with Crippen molar-refractivity contribution in [2.45, 2.75) is 6.92 Å². The van der Waals surface area contributed by atoms with E-state index in [0.29, 0.717) is 0 Å². The van der Waals surface area contributed by atoms with Crippen molar-refractivity contribution in [1.82, 2.24) is 4.98 Å². The molecule has 2 aromatic carbocycles. The minimum Gasteiger partial charge on any atom is -0.321 e. The van der Waals surface area contributed by atoms with Crippen LogP contribution >= 0.6 is 11.3 Å². The van der Waals surface area contributed by atoms with E-state index in [4.69, 9.17) is 4.98 Å². The standard InChI is InChI=1S/C17H16N2S/c1-13-8-10-14(11-9-13)16-12-20-17(18-16)19(2)15-6-4-3-5-7-15/h3-12H,1-2H3. The maximum atomic E-state index is 4.73. The number of nitrogens with zero attached hydrogens (tertiary/aromatic N) is 2. The van der Waals surface area contributed by atoms with Crippen LogP contribution in [0.5, 0.6) is 0 Å². The Bertz CT molecular complexity index is 687. The fraction of sp³-hybridized carbons (Fsp3) is 0.118. The van der Waals surface area contributed by atoms with Crippen molar-refractivity contribution in [3.05, 3.63) is 65.5 Å². The fourth-order valence-electron chi connectivity index (χ4n) is 2.04.